The van der Waals surface area contributed by atoms with Gasteiger partial charge < -0.3 is 29.4 Å². The smallest absolute Gasteiger partial charge is 0.410 e. The Hall–Kier alpha value is -3.38. The normalized spacial score (nSPS) is 19.2. The second-order valence-electron chi connectivity index (χ2n) is 11.5. The summed E-state index contributed by atoms with van der Waals surface area (Å²) in [7, 11) is 2.85. The largest absolute Gasteiger partial charge is 0.460 e. The summed E-state index contributed by atoms with van der Waals surface area (Å²) in [6, 6.07) is 1.53. The number of benzene rings is 1. The molecular weight excluding hydrogens is 571 g/mol. The second-order valence-corrected chi connectivity index (χ2v) is 11.9. The maximum absolute atomic E-state index is 14.1. The molecule has 3 amide bonds. The molecule has 0 aliphatic carbocycles. The summed E-state index contributed by atoms with van der Waals surface area (Å²) >= 11 is 6.50. The van der Waals surface area contributed by atoms with Gasteiger partial charge >= 0.3 is 12.1 Å². The van der Waals surface area contributed by atoms with Crippen molar-refractivity contribution in [2.45, 2.75) is 90.3 Å². The average Bonchev–Trinajstić information content (AvgIpc) is 3.43. The molecular formula is C29H40ClFN4O7. The third-order valence-corrected chi connectivity index (χ3v) is 7.68. The van der Waals surface area contributed by atoms with Crippen LogP contribution in [0.4, 0.5) is 9.18 Å². The average molecular weight is 611 g/mol. The number of aromatic amines is 1. The van der Waals surface area contributed by atoms with Gasteiger partial charge in [-0.3, -0.25) is 19.3 Å². The quantitative estimate of drug-likeness (QED) is 0.413. The van der Waals surface area contributed by atoms with Crippen molar-refractivity contribution >= 4 is 46.4 Å². The number of carbonyl (C=O) groups is 4. The van der Waals surface area contributed by atoms with Crippen molar-refractivity contribution in [3.63, 3.8) is 0 Å². The Morgan fingerprint density at radius 1 is 1.24 bits per heavy atom. The first-order chi connectivity index (χ1) is 19.5. The van der Waals surface area contributed by atoms with E-state index in [9.17, 15) is 23.6 Å². The number of nitrogens with zero attached hydrogens (tertiary/aromatic N) is 2. The number of aromatic nitrogens is 1. The third kappa shape index (κ3) is 7.71. The molecule has 2 aromatic rings. The van der Waals surface area contributed by atoms with E-state index in [4.69, 9.17) is 25.8 Å². The molecule has 5 atom stereocenters. The fraction of sp³-hybridized carbons (Fsp3) is 0.586. The van der Waals surface area contributed by atoms with Crippen LogP contribution in [0.15, 0.2) is 18.2 Å². The van der Waals surface area contributed by atoms with Crippen LogP contribution >= 0.6 is 11.6 Å². The van der Waals surface area contributed by atoms with Crippen molar-refractivity contribution in [2.24, 2.45) is 0 Å². The molecule has 1 saturated heterocycles. The number of likely N-dealkylation sites (N-methyl/N-ethyl adjacent to an activating group) is 1. The van der Waals surface area contributed by atoms with Gasteiger partial charge in [-0.15, -0.1) is 0 Å². The number of hydrogen-bond donors (Lipinski definition) is 2. The molecule has 2 N–H and O–H groups in total. The van der Waals surface area contributed by atoms with Crippen molar-refractivity contribution in [3.8, 4) is 0 Å². The van der Waals surface area contributed by atoms with Gasteiger partial charge in [0.25, 0.3) is 0 Å². The molecule has 2 heterocycles. The Morgan fingerprint density at radius 2 is 1.90 bits per heavy atom. The fourth-order valence-corrected chi connectivity index (χ4v) is 5.21. The van der Waals surface area contributed by atoms with Crippen molar-refractivity contribution in [2.75, 3.05) is 20.7 Å². The summed E-state index contributed by atoms with van der Waals surface area (Å²) in [6.45, 7) is 9.86. The van der Waals surface area contributed by atoms with Crippen molar-refractivity contribution in [1.82, 2.24) is 20.1 Å². The highest BCUT2D eigenvalue weighted by molar-refractivity contribution is 6.31. The first-order valence-electron chi connectivity index (χ1n) is 13.8. The van der Waals surface area contributed by atoms with E-state index in [-0.39, 0.29) is 18.1 Å². The van der Waals surface area contributed by atoms with Crippen LogP contribution in [-0.2, 0) is 35.0 Å². The predicted molar refractivity (Wildman–Crippen MR) is 155 cm³/mol. The highest BCUT2D eigenvalue weighted by Gasteiger charge is 2.44. The van der Waals surface area contributed by atoms with Gasteiger partial charge in [0.05, 0.1) is 12.1 Å². The maximum atomic E-state index is 14.1. The lowest BCUT2D eigenvalue weighted by molar-refractivity contribution is -0.150. The molecule has 42 heavy (non-hydrogen) atoms. The Bertz CT molecular complexity index is 1330. The first kappa shape index (κ1) is 33.1. The van der Waals surface area contributed by atoms with Crippen LogP contribution in [0.2, 0.25) is 5.15 Å². The number of H-pyrrole nitrogens is 1. The molecule has 0 radical (unpaired) electrons. The van der Waals surface area contributed by atoms with Crippen molar-refractivity contribution < 1.29 is 37.8 Å². The van der Waals surface area contributed by atoms with Crippen LogP contribution in [-0.4, -0.2) is 95.3 Å². The molecule has 0 spiro atoms. The number of halogens is 2. The van der Waals surface area contributed by atoms with Crippen LogP contribution in [0.5, 0.6) is 0 Å². The number of nitrogens with one attached hydrogen (secondary N) is 2. The Kier molecular flexibility index (Phi) is 10.5. The molecule has 1 aliphatic heterocycles. The number of amides is 3. The van der Waals surface area contributed by atoms with Gasteiger partial charge in [-0.2, -0.15) is 0 Å². The molecule has 3 rings (SSSR count). The molecule has 232 valence electrons. The fourth-order valence-electron chi connectivity index (χ4n) is 4.93. The van der Waals surface area contributed by atoms with E-state index in [1.165, 1.54) is 40.1 Å². The number of fused-ring (bicyclic) bond motifs is 1. The molecule has 1 fully saturated rings. The van der Waals surface area contributed by atoms with E-state index in [1.54, 1.807) is 38.7 Å². The van der Waals surface area contributed by atoms with Gasteiger partial charge in [-0.05, 0) is 58.4 Å². The second kappa shape index (κ2) is 13.3. The minimum absolute atomic E-state index is 0.202. The molecule has 2 unspecified atom stereocenters. The topological polar surface area (TPSA) is 130 Å². The highest BCUT2D eigenvalue weighted by Crippen LogP contribution is 2.33. The lowest BCUT2D eigenvalue weighted by Gasteiger charge is -2.34. The Balaban J connectivity index is 1.88. The number of hydrogen-bond acceptors (Lipinski definition) is 7. The SMILES string of the molecule is COC(C)C(NC(=O)[C@H](C)N(C)C(=O)OC(C)(C)C)C(=O)N1CC[C@H](OC(C)=O)[C@H]1Cc1c(Cl)[nH]c2cc(F)ccc12. The van der Waals surface area contributed by atoms with E-state index < -0.39 is 65.6 Å². The zero-order valence-electron chi connectivity index (χ0n) is 25.2. The molecule has 1 aromatic carbocycles. The molecule has 0 bridgehead atoms. The van der Waals surface area contributed by atoms with E-state index in [0.29, 0.717) is 22.9 Å². The highest BCUT2D eigenvalue weighted by atomic mass is 35.5. The molecule has 13 heteroatoms. The number of carbonyl (C=O) groups excluding carboxylic acids is 4. The zero-order valence-corrected chi connectivity index (χ0v) is 26.0. The van der Waals surface area contributed by atoms with E-state index in [2.05, 4.69) is 10.3 Å². The van der Waals surface area contributed by atoms with Crippen LogP contribution in [0.25, 0.3) is 10.9 Å². The third-order valence-electron chi connectivity index (χ3n) is 7.36. The van der Waals surface area contributed by atoms with Crippen molar-refractivity contribution in [1.29, 1.82) is 0 Å². The van der Waals surface area contributed by atoms with Crippen LogP contribution in [0, 0.1) is 5.82 Å². The Labute approximate surface area is 250 Å². The van der Waals surface area contributed by atoms with Gasteiger partial charge in [0, 0.05) is 51.4 Å². The summed E-state index contributed by atoms with van der Waals surface area (Å²) in [5.74, 6) is -1.97. The van der Waals surface area contributed by atoms with Gasteiger partial charge in [0.1, 0.15) is 34.8 Å². The Morgan fingerprint density at radius 3 is 2.50 bits per heavy atom. The number of ether oxygens (including phenoxy) is 3. The van der Waals surface area contributed by atoms with Crippen molar-refractivity contribution in [3.05, 3.63) is 34.7 Å². The number of likely N-dealkylation sites (tertiary alicyclic amines) is 1. The minimum atomic E-state index is -1.12. The molecule has 1 aromatic heterocycles. The lowest BCUT2D eigenvalue weighted by Crippen LogP contribution is -2.59. The van der Waals surface area contributed by atoms with Gasteiger partial charge in [-0.1, -0.05) is 11.6 Å². The minimum Gasteiger partial charge on any atom is -0.460 e. The zero-order chi connectivity index (χ0) is 31.5. The summed E-state index contributed by atoms with van der Waals surface area (Å²) in [6.07, 6.45) is -1.50. The van der Waals surface area contributed by atoms with E-state index in [1.807, 2.05) is 0 Å². The summed E-state index contributed by atoms with van der Waals surface area (Å²) in [4.78, 5) is 57.4. The standard InChI is InChI=1S/C29H40ClFN4O7/c1-15(34(7)28(39)42-29(4,5)6)26(37)33-24(16(2)40-8)27(38)35-12-11-23(41-17(3)36)22(35)14-20-19-10-9-18(31)13-21(19)32-25(20)30/h9-10,13,15-16,22-24,32H,11-12,14H2,1-8H3,(H,33,37)/t15-,16?,22+,23-,24?/m0/s1. The summed E-state index contributed by atoms with van der Waals surface area (Å²) in [5, 5.41) is 3.70. The molecule has 0 saturated carbocycles. The van der Waals surface area contributed by atoms with Crippen LogP contribution < -0.4 is 5.32 Å². The predicted octanol–water partition coefficient (Wildman–Crippen LogP) is 3.81. The first-order valence-corrected chi connectivity index (χ1v) is 14.1. The number of rotatable bonds is 9. The van der Waals surface area contributed by atoms with Gasteiger partial charge in [0.15, 0.2) is 0 Å². The molecule has 1 aliphatic rings. The van der Waals surface area contributed by atoms with Crippen LogP contribution in [0.3, 0.4) is 0 Å². The summed E-state index contributed by atoms with van der Waals surface area (Å²) < 4.78 is 30.2. The lowest BCUT2D eigenvalue weighted by atomic mass is 10.00. The summed E-state index contributed by atoms with van der Waals surface area (Å²) in [5.41, 5.74) is 0.382. The number of methoxy groups -OCH3 is 1. The number of esters is 1. The van der Waals surface area contributed by atoms with E-state index in [0.717, 1.165) is 4.90 Å². The maximum Gasteiger partial charge on any atom is 0.410 e. The molecule has 11 nitrogen and oxygen atoms in total. The van der Waals surface area contributed by atoms with Gasteiger partial charge in [0.2, 0.25) is 11.8 Å². The monoisotopic (exact) mass is 610 g/mol. The van der Waals surface area contributed by atoms with Crippen LogP contribution in [0.1, 0.15) is 53.5 Å². The van der Waals surface area contributed by atoms with Gasteiger partial charge in [-0.25, -0.2) is 9.18 Å². The van der Waals surface area contributed by atoms with E-state index >= 15 is 0 Å².